The Morgan fingerprint density at radius 3 is 3.00 bits per heavy atom. The van der Waals surface area contributed by atoms with Gasteiger partial charge in [0.2, 0.25) is 0 Å². The van der Waals surface area contributed by atoms with Crippen LogP contribution in [0.2, 0.25) is 0 Å². The highest BCUT2D eigenvalue weighted by Gasteiger charge is 1.94. The molecule has 0 atom stereocenters. The molecule has 0 unspecified atom stereocenters. The van der Waals surface area contributed by atoms with Gasteiger partial charge < -0.3 is 0 Å². The van der Waals surface area contributed by atoms with Gasteiger partial charge in [-0.05, 0) is 24.5 Å². The smallest absolute Gasteiger partial charge is 0.0471 e. The van der Waals surface area contributed by atoms with Crippen molar-refractivity contribution >= 4 is 27.5 Å². The molecule has 60 valence electrons. The number of hydrogen-bond donors (Lipinski definition) is 0. The van der Waals surface area contributed by atoms with E-state index in [1.807, 2.05) is 0 Å². The van der Waals surface area contributed by atoms with Gasteiger partial charge in [-0.1, -0.05) is 34.2 Å². The second-order valence-electron chi connectivity index (χ2n) is 2.42. The highest BCUT2D eigenvalue weighted by molar-refractivity contribution is 9.11. The van der Waals surface area contributed by atoms with Gasteiger partial charge in [-0.25, -0.2) is 0 Å². The molecule has 2 heteroatoms. The first-order valence-corrected chi connectivity index (χ1v) is 4.94. The molecule has 0 fully saturated rings. The molecule has 11 heavy (non-hydrogen) atoms. The summed E-state index contributed by atoms with van der Waals surface area (Å²) < 4.78 is 1.10. The fourth-order valence-electron chi connectivity index (χ4n) is 0.938. The van der Waals surface area contributed by atoms with Crippen molar-refractivity contribution in [3.63, 3.8) is 0 Å². The molecule has 1 rings (SSSR count). The quantitative estimate of drug-likeness (QED) is 0.605. The molecular formula is C9H10BrCl. The summed E-state index contributed by atoms with van der Waals surface area (Å²) in [6, 6.07) is 0. The first-order valence-electron chi connectivity index (χ1n) is 3.61. The summed E-state index contributed by atoms with van der Waals surface area (Å²) in [7, 11) is 0. The molecule has 0 aromatic carbocycles. The molecule has 0 radical (unpaired) electrons. The Labute approximate surface area is 80.8 Å². The Bertz CT molecular complexity index is 214. The average Bonchev–Trinajstić information content (AvgIpc) is 1.96. The molecule has 0 heterocycles. The van der Waals surface area contributed by atoms with E-state index < -0.39 is 0 Å². The van der Waals surface area contributed by atoms with E-state index in [-0.39, 0.29) is 0 Å². The zero-order valence-electron chi connectivity index (χ0n) is 6.19. The second-order valence-corrected chi connectivity index (χ2v) is 3.60. The average molecular weight is 234 g/mol. The van der Waals surface area contributed by atoms with Crippen molar-refractivity contribution < 1.29 is 0 Å². The largest absolute Gasteiger partial charge is 0.122 e. The van der Waals surface area contributed by atoms with Crippen LogP contribution in [0, 0.1) is 0 Å². The van der Waals surface area contributed by atoms with Crippen LogP contribution in [0.3, 0.4) is 0 Å². The maximum absolute atomic E-state index is 5.71. The molecule has 1 aliphatic carbocycles. The number of alkyl halides is 1. The molecule has 0 N–H and O–H groups in total. The lowest BCUT2D eigenvalue weighted by Crippen LogP contribution is -1.83. The van der Waals surface area contributed by atoms with Gasteiger partial charge in [0.1, 0.15) is 0 Å². The van der Waals surface area contributed by atoms with Gasteiger partial charge in [0.25, 0.3) is 0 Å². The van der Waals surface area contributed by atoms with Crippen molar-refractivity contribution in [3.8, 4) is 0 Å². The third kappa shape index (κ3) is 3.26. The predicted octanol–water partition coefficient (Wildman–Crippen LogP) is 3.78. The van der Waals surface area contributed by atoms with E-state index in [0.717, 1.165) is 17.3 Å². The monoisotopic (exact) mass is 232 g/mol. The molecule has 0 nitrogen and oxygen atoms in total. The minimum atomic E-state index is 0.600. The standard InChI is InChI=1S/C9H10BrCl/c10-9-5-3-1-2-4-8(6-9)7-11/h3-6H,1-2,7H2/b5-3+,8-4?,9-6?. The maximum atomic E-state index is 5.71. The SMILES string of the molecule is ClCC1=CCC/C=C/C(Br)=C1. The summed E-state index contributed by atoms with van der Waals surface area (Å²) >= 11 is 9.14. The highest BCUT2D eigenvalue weighted by atomic mass is 79.9. The molecular weight excluding hydrogens is 223 g/mol. The van der Waals surface area contributed by atoms with E-state index in [2.05, 4.69) is 40.2 Å². The van der Waals surface area contributed by atoms with Gasteiger partial charge in [0, 0.05) is 10.4 Å². The van der Waals surface area contributed by atoms with Gasteiger partial charge in [-0.3, -0.25) is 0 Å². The van der Waals surface area contributed by atoms with Crippen molar-refractivity contribution in [1.82, 2.24) is 0 Å². The van der Waals surface area contributed by atoms with Crippen molar-refractivity contribution in [2.45, 2.75) is 12.8 Å². The van der Waals surface area contributed by atoms with Crippen LogP contribution in [0.25, 0.3) is 0 Å². The summed E-state index contributed by atoms with van der Waals surface area (Å²) in [5, 5.41) is 0. The number of hydrogen-bond acceptors (Lipinski definition) is 0. The van der Waals surface area contributed by atoms with Gasteiger partial charge in [0.05, 0.1) is 0 Å². The number of allylic oxidation sites excluding steroid dienone is 6. The molecule has 0 aromatic heterocycles. The van der Waals surface area contributed by atoms with Crippen LogP contribution in [-0.2, 0) is 0 Å². The van der Waals surface area contributed by atoms with E-state index in [0.29, 0.717) is 5.88 Å². The van der Waals surface area contributed by atoms with Crippen LogP contribution in [0.4, 0.5) is 0 Å². The minimum Gasteiger partial charge on any atom is -0.122 e. The molecule has 0 aliphatic heterocycles. The lowest BCUT2D eigenvalue weighted by atomic mass is 10.1. The summed E-state index contributed by atoms with van der Waals surface area (Å²) in [5.74, 6) is 0.600. The molecule has 0 amide bonds. The van der Waals surface area contributed by atoms with Gasteiger partial charge >= 0.3 is 0 Å². The van der Waals surface area contributed by atoms with Gasteiger partial charge in [0.15, 0.2) is 0 Å². The lowest BCUT2D eigenvalue weighted by Gasteiger charge is -2.00. The minimum absolute atomic E-state index is 0.600. The summed E-state index contributed by atoms with van der Waals surface area (Å²) in [6.07, 6.45) is 10.7. The Morgan fingerprint density at radius 1 is 1.45 bits per heavy atom. The molecule has 0 bridgehead atoms. The van der Waals surface area contributed by atoms with Crippen molar-refractivity contribution in [3.05, 3.63) is 34.4 Å². The molecule has 0 aromatic rings. The van der Waals surface area contributed by atoms with E-state index in [4.69, 9.17) is 11.6 Å². The topological polar surface area (TPSA) is 0 Å². The Kier molecular flexibility index (Phi) is 3.95. The molecule has 0 saturated carbocycles. The summed E-state index contributed by atoms with van der Waals surface area (Å²) in [6.45, 7) is 0. The second kappa shape index (κ2) is 4.78. The normalized spacial score (nSPS) is 21.3. The fourth-order valence-corrected chi connectivity index (χ4v) is 1.61. The van der Waals surface area contributed by atoms with Crippen LogP contribution < -0.4 is 0 Å². The lowest BCUT2D eigenvalue weighted by molar-refractivity contribution is 1.04. The predicted molar refractivity (Wildman–Crippen MR) is 54.2 cm³/mol. The summed E-state index contributed by atoms with van der Waals surface area (Å²) in [4.78, 5) is 0. The highest BCUT2D eigenvalue weighted by Crippen LogP contribution is 2.16. The van der Waals surface area contributed by atoms with Crippen LogP contribution >= 0.6 is 27.5 Å². The van der Waals surface area contributed by atoms with E-state index in [9.17, 15) is 0 Å². The van der Waals surface area contributed by atoms with Crippen LogP contribution in [0.1, 0.15) is 12.8 Å². The third-order valence-corrected chi connectivity index (χ3v) is 2.30. The van der Waals surface area contributed by atoms with Gasteiger partial charge in [-0.2, -0.15) is 0 Å². The van der Waals surface area contributed by atoms with E-state index >= 15 is 0 Å². The van der Waals surface area contributed by atoms with Crippen LogP contribution in [-0.4, -0.2) is 5.88 Å². The Hall–Kier alpha value is -0.0100. The van der Waals surface area contributed by atoms with Gasteiger partial charge in [-0.15, -0.1) is 11.6 Å². The van der Waals surface area contributed by atoms with Crippen LogP contribution in [0.15, 0.2) is 34.4 Å². The molecule has 0 saturated heterocycles. The molecule has 0 spiro atoms. The Morgan fingerprint density at radius 2 is 2.27 bits per heavy atom. The van der Waals surface area contributed by atoms with Crippen molar-refractivity contribution in [2.75, 3.05) is 5.88 Å². The zero-order chi connectivity index (χ0) is 8.10. The summed E-state index contributed by atoms with van der Waals surface area (Å²) in [5.41, 5.74) is 1.20. The van der Waals surface area contributed by atoms with Crippen molar-refractivity contribution in [1.29, 1.82) is 0 Å². The van der Waals surface area contributed by atoms with Crippen LogP contribution in [0.5, 0.6) is 0 Å². The first-order chi connectivity index (χ1) is 5.33. The van der Waals surface area contributed by atoms with E-state index in [1.54, 1.807) is 0 Å². The Balaban J connectivity index is 2.77. The molecule has 1 aliphatic rings. The number of halogens is 2. The van der Waals surface area contributed by atoms with Crippen molar-refractivity contribution in [2.24, 2.45) is 0 Å². The number of rotatable bonds is 1. The maximum Gasteiger partial charge on any atom is 0.0471 e. The van der Waals surface area contributed by atoms with E-state index in [1.165, 1.54) is 5.57 Å². The zero-order valence-corrected chi connectivity index (χ0v) is 8.53. The first kappa shape index (κ1) is 9.08. The fraction of sp³-hybridized carbons (Fsp3) is 0.333. The third-order valence-electron chi connectivity index (χ3n) is 1.49.